The zero-order valence-corrected chi connectivity index (χ0v) is 9.54. The Morgan fingerprint density at radius 3 is 2.47 bits per heavy atom. The molecule has 2 rings (SSSR count). The van der Waals surface area contributed by atoms with Crippen LogP contribution in [0.5, 0.6) is 0 Å². The third-order valence-electron chi connectivity index (χ3n) is 3.19. The lowest BCUT2D eigenvalue weighted by atomic mass is 10.1. The van der Waals surface area contributed by atoms with E-state index in [1.165, 1.54) is 11.9 Å². The van der Waals surface area contributed by atoms with Gasteiger partial charge in [0.05, 0.1) is 6.54 Å². The van der Waals surface area contributed by atoms with Crippen molar-refractivity contribution in [3.8, 4) is 0 Å². The summed E-state index contributed by atoms with van der Waals surface area (Å²) in [6.45, 7) is -0.904. The fourth-order valence-electron chi connectivity index (χ4n) is 2.46. The van der Waals surface area contributed by atoms with E-state index in [9.17, 15) is 13.2 Å². The van der Waals surface area contributed by atoms with Crippen molar-refractivity contribution in [3.05, 3.63) is 35.4 Å². The van der Waals surface area contributed by atoms with Gasteiger partial charge in [-0.2, -0.15) is 13.2 Å². The van der Waals surface area contributed by atoms with Crippen LogP contribution in [0.1, 0.15) is 29.6 Å². The molecule has 2 N–H and O–H groups in total. The molecule has 1 aromatic carbocycles. The molecule has 2 atom stereocenters. The third-order valence-corrected chi connectivity index (χ3v) is 3.19. The first kappa shape index (κ1) is 12.4. The van der Waals surface area contributed by atoms with Crippen molar-refractivity contribution in [2.24, 2.45) is 5.73 Å². The molecular formula is C12H15F3N2. The van der Waals surface area contributed by atoms with E-state index in [2.05, 4.69) is 0 Å². The maximum absolute atomic E-state index is 12.4. The second kappa shape index (κ2) is 4.31. The van der Waals surface area contributed by atoms with Crippen molar-refractivity contribution < 1.29 is 13.2 Å². The van der Waals surface area contributed by atoms with Crippen LogP contribution in [0.4, 0.5) is 13.2 Å². The van der Waals surface area contributed by atoms with Gasteiger partial charge >= 0.3 is 6.18 Å². The lowest BCUT2D eigenvalue weighted by molar-refractivity contribution is -0.147. The highest BCUT2D eigenvalue weighted by Crippen LogP contribution is 2.40. The Bertz CT molecular complexity index is 403. The summed E-state index contributed by atoms with van der Waals surface area (Å²) < 4.78 is 37.1. The molecule has 0 aromatic heterocycles. The fraction of sp³-hybridized carbons (Fsp3) is 0.500. The predicted molar refractivity (Wildman–Crippen MR) is 59.4 cm³/mol. The second-order valence-electron chi connectivity index (χ2n) is 4.52. The summed E-state index contributed by atoms with van der Waals surface area (Å²) in [5, 5.41) is 0. The van der Waals surface area contributed by atoms with Gasteiger partial charge in [-0.25, -0.2) is 0 Å². The predicted octanol–water partition coefficient (Wildman–Crippen LogP) is 2.63. The van der Waals surface area contributed by atoms with E-state index < -0.39 is 12.7 Å². The summed E-state index contributed by atoms with van der Waals surface area (Å²) in [6.07, 6.45) is -3.62. The van der Waals surface area contributed by atoms with Gasteiger partial charge in [-0.15, -0.1) is 0 Å². The third kappa shape index (κ3) is 2.61. The van der Waals surface area contributed by atoms with Gasteiger partial charge in [-0.3, -0.25) is 4.90 Å². The molecule has 17 heavy (non-hydrogen) atoms. The molecule has 0 aliphatic heterocycles. The minimum Gasteiger partial charge on any atom is -0.324 e. The van der Waals surface area contributed by atoms with Crippen molar-refractivity contribution in [3.63, 3.8) is 0 Å². The summed E-state index contributed by atoms with van der Waals surface area (Å²) in [7, 11) is 1.49. The number of nitrogens with two attached hydrogens (primary N) is 1. The average molecular weight is 244 g/mol. The first-order chi connectivity index (χ1) is 7.88. The molecule has 94 valence electrons. The van der Waals surface area contributed by atoms with E-state index in [0.717, 1.165) is 11.1 Å². The van der Waals surface area contributed by atoms with Crippen molar-refractivity contribution in [2.45, 2.75) is 24.7 Å². The van der Waals surface area contributed by atoms with E-state index in [1.54, 1.807) is 0 Å². The van der Waals surface area contributed by atoms with Gasteiger partial charge in [0.1, 0.15) is 0 Å². The van der Waals surface area contributed by atoms with E-state index in [1.807, 2.05) is 24.3 Å². The van der Waals surface area contributed by atoms with E-state index >= 15 is 0 Å². The van der Waals surface area contributed by atoms with E-state index in [4.69, 9.17) is 5.73 Å². The number of benzene rings is 1. The number of hydrogen-bond donors (Lipinski definition) is 1. The van der Waals surface area contributed by atoms with Crippen molar-refractivity contribution in [1.82, 2.24) is 4.90 Å². The first-order valence-electron chi connectivity index (χ1n) is 5.50. The summed E-state index contributed by atoms with van der Waals surface area (Å²) in [4.78, 5) is 1.33. The molecule has 2 nitrogen and oxygen atoms in total. The molecule has 1 aliphatic carbocycles. The van der Waals surface area contributed by atoms with Crippen molar-refractivity contribution >= 4 is 0 Å². The highest BCUT2D eigenvalue weighted by atomic mass is 19.4. The highest BCUT2D eigenvalue weighted by Gasteiger charge is 2.36. The molecule has 0 spiro atoms. The molecule has 5 heteroatoms. The molecule has 2 unspecified atom stereocenters. The number of fused-ring (bicyclic) bond motifs is 1. The topological polar surface area (TPSA) is 29.3 Å². The van der Waals surface area contributed by atoms with Crippen LogP contribution in [-0.4, -0.2) is 24.7 Å². The van der Waals surface area contributed by atoms with E-state index in [-0.39, 0.29) is 12.1 Å². The van der Waals surface area contributed by atoms with Crippen LogP contribution < -0.4 is 5.73 Å². The van der Waals surface area contributed by atoms with Gasteiger partial charge in [0.2, 0.25) is 0 Å². The van der Waals surface area contributed by atoms with Crippen molar-refractivity contribution in [1.29, 1.82) is 0 Å². The van der Waals surface area contributed by atoms with Gasteiger partial charge in [0.25, 0.3) is 0 Å². The molecule has 0 heterocycles. The summed E-state index contributed by atoms with van der Waals surface area (Å²) in [6, 6.07) is 7.06. The zero-order valence-electron chi connectivity index (χ0n) is 9.54. The number of alkyl halides is 3. The lowest BCUT2D eigenvalue weighted by Crippen LogP contribution is -2.33. The largest absolute Gasteiger partial charge is 0.401 e. The van der Waals surface area contributed by atoms with Crippen LogP contribution in [0.3, 0.4) is 0 Å². The van der Waals surface area contributed by atoms with Gasteiger partial charge < -0.3 is 5.73 Å². The van der Waals surface area contributed by atoms with Gasteiger partial charge in [0.15, 0.2) is 0 Å². The minimum absolute atomic E-state index is 0.160. The Balaban J connectivity index is 2.20. The Morgan fingerprint density at radius 1 is 1.29 bits per heavy atom. The number of rotatable bonds is 2. The number of nitrogens with zero attached hydrogens (tertiary/aromatic N) is 1. The van der Waals surface area contributed by atoms with Crippen LogP contribution in [0.25, 0.3) is 0 Å². The summed E-state index contributed by atoms with van der Waals surface area (Å²) >= 11 is 0. The molecule has 1 aliphatic rings. The maximum atomic E-state index is 12.4. The Morgan fingerprint density at radius 2 is 1.88 bits per heavy atom. The molecular weight excluding hydrogens is 229 g/mol. The second-order valence-corrected chi connectivity index (χ2v) is 4.52. The summed E-state index contributed by atoms with van der Waals surface area (Å²) in [5.41, 5.74) is 7.82. The van der Waals surface area contributed by atoms with Crippen molar-refractivity contribution in [2.75, 3.05) is 13.6 Å². The normalized spacial score (nSPS) is 24.1. The lowest BCUT2D eigenvalue weighted by Gasteiger charge is -2.26. The molecule has 0 fully saturated rings. The van der Waals surface area contributed by atoms with Gasteiger partial charge in [-0.1, -0.05) is 24.3 Å². The minimum atomic E-state index is -4.17. The van der Waals surface area contributed by atoms with Crippen LogP contribution in [-0.2, 0) is 0 Å². The molecule has 0 amide bonds. The summed E-state index contributed by atoms with van der Waals surface area (Å²) in [5.74, 6) is 0. The van der Waals surface area contributed by atoms with Crippen LogP contribution in [0.2, 0.25) is 0 Å². The monoisotopic (exact) mass is 244 g/mol. The van der Waals surface area contributed by atoms with Crippen LogP contribution >= 0.6 is 0 Å². The zero-order chi connectivity index (χ0) is 12.6. The standard InChI is InChI=1S/C12H15F3N2/c1-17(7-12(13,14)15)11-6-10(16)8-4-2-3-5-9(8)11/h2-5,10-11H,6-7,16H2,1H3. The quantitative estimate of drug-likeness (QED) is 0.866. The smallest absolute Gasteiger partial charge is 0.324 e. The van der Waals surface area contributed by atoms with Crippen LogP contribution in [0.15, 0.2) is 24.3 Å². The van der Waals surface area contributed by atoms with Gasteiger partial charge in [-0.05, 0) is 24.6 Å². The van der Waals surface area contributed by atoms with Gasteiger partial charge in [0, 0.05) is 12.1 Å². The Labute approximate surface area is 98.2 Å². The highest BCUT2D eigenvalue weighted by molar-refractivity contribution is 5.37. The number of halogens is 3. The molecule has 0 bridgehead atoms. The average Bonchev–Trinajstić information content (AvgIpc) is 2.55. The molecule has 1 aromatic rings. The van der Waals surface area contributed by atoms with Crippen LogP contribution in [0, 0.1) is 0 Å². The Hall–Kier alpha value is -1.07. The molecule has 0 saturated carbocycles. The number of hydrogen-bond acceptors (Lipinski definition) is 2. The molecule has 0 saturated heterocycles. The van der Waals surface area contributed by atoms with E-state index in [0.29, 0.717) is 6.42 Å². The molecule has 0 radical (unpaired) electrons. The maximum Gasteiger partial charge on any atom is 0.401 e. The Kier molecular flexibility index (Phi) is 3.14. The SMILES string of the molecule is CN(CC(F)(F)F)C1CC(N)c2ccccc21. The first-order valence-corrected chi connectivity index (χ1v) is 5.50. The fourth-order valence-corrected chi connectivity index (χ4v) is 2.46.